The van der Waals surface area contributed by atoms with Gasteiger partial charge < -0.3 is 15.7 Å². The van der Waals surface area contributed by atoms with E-state index in [4.69, 9.17) is 5.11 Å². The van der Waals surface area contributed by atoms with Gasteiger partial charge in [-0.15, -0.1) is 0 Å². The summed E-state index contributed by atoms with van der Waals surface area (Å²) in [5.41, 5.74) is 2.21. The number of amides is 2. The van der Waals surface area contributed by atoms with Gasteiger partial charge in [-0.3, -0.25) is 9.89 Å². The Balaban J connectivity index is 2.13. The Bertz CT molecular complexity index is 459. The maximum atomic E-state index is 11.6. The molecule has 118 valence electrons. The topological polar surface area (TPSA) is 107 Å². The summed E-state index contributed by atoms with van der Waals surface area (Å²) in [6.45, 7) is 4.85. The van der Waals surface area contributed by atoms with Crippen LogP contribution in [0.4, 0.5) is 4.79 Å². The van der Waals surface area contributed by atoms with E-state index in [2.05, 4.69) is 20.8 Å². The fourth-order valence-corrected chi connectivity index (χ4v) is 2.02. The first kappa shape index (κ1) is 17.0. The second-order valence-corrected chi connectivity index (χ2v) is 5.13. The lowest BCUT2D eigenvalue weighted by atomic mass is 10.0. The van der Waals surface area contributed by atoms with E-state index in [1.54, 1.807) is 6.20 Å². The summed E-state index contributed by atoms with van der Waals surface area (Å²) < 4.78 is 0. The lowest BCUT2D eigenvalue weighted by Gasteiger charge is -2.14. The van der Waals surface area contributed by atoms with Crippen LogP contribution >= 0.6 is 0 Å². The first-order chi connectivity index (χ1) is 10.0. The molecular formula is C14H24N4O3. The molecule has 0 fully saturated rings. The van der Waals surface area contributed by atoms with E-state index in [1.807, 2.05) is 13.8 Å². The summed E-state index contributed by atoms with van der Waals surface area (Å²) in [5, 5.41) is 21.0. The number of hydrogen-bond donors (Lipinski definition) is 4. The average Bonchev–Trinajstić information content (AvgIpc) is 2.84. The summed E-state index contributed by atoms with van der Waals surface area (Å²) in [7, 11) is 0. The number of nitrogens with one attached hydrogen (secondary N) is 3. The highest BCUT2D eigenvalue weighted by molar-refractivity contribution is 5.74. The molecule has 1 unspecified atom stereocenters. The van der Waals surface area contributed by atoms with Crippen LogP contribution < -0.4 is 10.6 Å². The number of carbonyl (C=O) groups is 2. The third-order valence-corrected chi connectivity index (χ3v) is 3.43. The van der Waals surface area contributed by atoms with Crippen molar-refractivity contribution in [2.75, 3.05) is 13.1 Å². The van der Waals surface area contributed by atoms with Crippen molar-refractivity contribution < 1.29 is 14.7 Å². The summed E-state index contributed by atoms with van der Waals surface area (Å²) in [4.78, 5) is 22.2. The van der Waals surface area contributed by atoms with Gasteiger partial charge in [-0.25, -0.2) is 4.79 Å². The number of aliphatic carboxylic acids is 1. The Morgan fingerprint density at radius 2 is 2.19 bits per heavy atom. The molecule has 4 N–H and O–H groups in total. The molecule has 0 aromatic carbocycles. The van der Waals surface area contributed by atoms with Crippen LogP contribution in [0.25, 0.3) is 0 Å². The van der Waals surface area contributed by atoms with E-state index < -0.39 is 5.97 Å². The number of aryl methyl sites for hydroxylation is 2. The van der Waals surface area contributed by atoms with Crippen LogP contribution in [0.3, 0.4) is 0 Å². The molecule has 0 spiro atoms. The number of carbonyl (C=O) groups excluding carboxylic acids is 1. The van der Waals surface area contributed by atoms with Crippen molar-refractivity contribution in [3.63, 3.8) is 0 Å². The molecule has 0 aliphatic carbocycles. The van der Waals surface area contributed by atoms with Gasteiger partial charge in [0.1, 0.15) is 0 Å². The second-order valence-electron chi connectivity index (χ2n) is 5.13. The Hall–Kier alpha value is -2.05. The summed E-state index contributed by atoms with van der Waals surface area (Å²) in [5.74, 6) is -0.860. The molecule has 1 rings (SSSR count). The molecule has 7 heteroatoms. The highest BCUT2D eigenvalue weighted by atomic mass is 16.4. The van der Waals surface area contributed by atoms with Crippen molar-refractivity contribution in [1.82, 2.24) is 20.8 Å². The molecule has 1 aromatic heterocycles. The molecule has 1 heterocycles. The van der Waals surface area contributed by atoms with Crippen LogP contribution in [0.2, 0.25) is 0 Å². The van der Waals surface area contributed by atoms with Gasteiger partial charge in [0.25, 0.3) is 0 Å². The maximum absolute atomic E-state index is 11.6. The summed E-state index contributed by atoms with van der Waals surface area (Å²) in [6, 6.07) is -0.247. The maximum Gasteiger partial charge on any atom is 0.314 e. The van der Waals surface area contributed by atoms with Crippen LogP contribution in [0, 0.1) is 12.8 Å². The molecule has 1 aromatic rings. The third-order valence-electron chi connectivity index (χ3n) is 3.43. The fraction of sp³-hybridized carbons (Fsp3) is 0.643. The molecule has 2 amide bonds. The Morgan fingerprint density at radius 3 is 2.76 bits per heavy atom. The minimum absolute atomic E-state index is 0.0261. The molecule has 0 bridgehead atoms. The fourth-order valence-electron chi connectivity index (χ4n) is 2.02. The highest BCUT2D eigenvalue weighted by Gasteiger charge is 2.12. The average molecular weight is 296 g/mol. The summed E-state index contributed by atoms with van der Waals surface area (Å²) in [6.07, 6.45) is 4.30. The largest absolute Gasteiger partial charge is 0.481 e. The highest BCUT2D eigenvalue weighted by Crippen LogP contribution is 2.06. The van der Waals surface area contributed by atoms with Crippen molar-refractivity contribution in [3.8, 4) is 0 Å². The molecule has 1 atom stereocenters. The van der Waals surface area contributed by atoms with Gasteiger partial charge >= 0.3 is 12.0 Å². The van der Waals surface area contributed by atoms with Crippen LogP contribution in [0.1, 0.15) is 37.4 Å². The second kappa shape index (κ2) is 8.99. The number of nitrogens with zero attached hydrogens (tertiary/aromatic N) is 1. The Kier molecular flexibility index (Phi) is 7.28. The van der Waals surface area contributed by atoms with E-state index >= 15 is 0 Å². The van der Waals surface area contributed by atoms with Crippen LogP contribution in [-0.4, -0.2) is 40.4 Å². The van der Waals surface area contributed by atoms with Crippen molar-refractivity contribution in [1.29, 1.82) is 0 Å². The SMILES string of the molecule is CCC(CNC(=O)NCCCc1cn[nH]c1C)CC(=O)O. The molecule has 21 heavy (non-hydrogen) atoms. The standard InChI is InChI=1S/C14H24N4O3/c1-3-11(7-13(19)20)8-16-14(21)15-6-4-5-12-9-17-18-10(12)2/h9,11H,3-8H2,1-2H3,(H,17,18)(H,19,20)(H2,15,16,21). The monoisotopic (exact) mass is 296 g/mol. The van der Waals surface area contributed by atoms with Gasteiger partial charge in [0, 0.05) is 25.2 Å². The van der Waals surface area contributed by atoms with E-state index in [0.29, 0.717) is 13.1 Å². The lowest BCUT2D eigenvalue weighted by Crippen LogP contribution is -2.39. The zero-order valence-corrected chi connectivity index (χ0v) is 12.6. The van der Waals surface area contributed by atoms with Crippen LogP contribution in [-0.2, 0) is 11.2 Å². The van der Waals surface area contributed by atoms with Crippen molar-refractivity contribution >= 4 is 12.0 Å². The van der Waals surface area contributed by atoms with Gasteiger partial charge in [0.15, 0.2) is 0 Å². The number of aromatic nitrogens is 2. The number of urea groups is 1. The number of H-pyrrole nitrogens is 1. The quantitative estimate of drug-likeness (QED) is 0.517. The molecule has 0 aliphatic heterocycles. The zero-order chi connectivity index (χ0) is 15.7. The molecule has 7 nitrogen and oxygen atoms in total. The van der Waals surface area contributed by atoms with E-state index in [0.717, 1.165) is 30.5 Å². The van der Waals surface area contributed by atoms with Crippen molar-refractivity contribution in [2.45, 2.75) is 39.5 Å². The minimum atomic E-state index is -0.834. The Morgan fingerprint density at radius 1 is 1.43 bits per heavy atom. The minimum Gasteiger partial charge on any atom is -0.481 e. The number of carboxylic acid groups (broad SMARTS) is 1. The number of rotatable bonds is 9. The van der Waals surface area contributed by atoms with Crippen molar-refractivity contribution in [2.24, 2.45) is 5.92 Å². The predicted octanol–water partition coefficient (Wildman–Crippen LogP) is 1.45. The van der Waals surface area contributed by atoms with Gasteiger partial charge in [-0.1, -0.05) is 13.3 Å². The number of aromatic amines is 1. The summed E-state index contributed by atoms with van der Waals surface area (Å²) >= 11 is 0. The predicted molar refractivity (Wildman–Crippen MR) is 79.1 cm³/mol. The molecule has 0 saturated carbocycles. The molecule has 0 aliphatic rings. The lowest BCUT2D eigenvalue weighted by molar-refractivity contribution is -0.138. The smallest absolute Gasteiger partial charge is 0.314 e. The Labute approximate surface area is 124 Å². The molecule has 0 radical (unpaired) electrons. The molecule has 0 saturated heterocycles. The normalized spacial score (nSPS) is 11.9. The van der Waals surface area contributed by atoms with Crippen LogP contribution in [0.15, 0.2) is 6.20 Å². The first-order valence-electron chi connectivity index (χ1n) is 7.25. The van der Waals surface area contributed by atoms with Crippen molar-refractivity contribution in [3.05, 3.63) is 17.5 Å². The van der Waals surface area contributed by atoms with Gasteiger partial charge in [-0.2, -0.15) is 5.10 Å². The van der Waals surface area contributed by atoms with Crippen LogP contribution in [0.5, 0.6) is 0 Å². The van der Waals surface area contributed by atoms with E-state index in [1.165, 1.54) is 0 Å². The first-order valence-corrected chi connectivity index (χ1v) is 7.25. The third kappa shape index (κ3) is 6.78. The zero-order valence-electron chi connectivity index (χ0n) is 12.6. The van der Waals surface area contributed by atoms with E-state index in [9.17, 15) is 9.59 Å². The molecular weight excluding hydrogens is 272 g/mol. The van der Waals surface area contributed by atoms with Gasteiger partial charge in [-0.05, 0) is 31.2 Å². The van der Waals surface area contributed by atoms with E-state index in [-0.39, 0.29) is 18.4 Å². The van der Waals surface area contributed by atoms with Gasteiger partial charge in [0.2, 0.25) is 0 Å². The van der Waals surface area contributed by atoms with Gasteiger partial charge in [0.05, 0.1) is 6.20 Å². The number of hydrogen-bond acceptors (Lipinski definition) is 3. The number of carboxylic acids is 1.